The first-order valence-electron chi connectivity index (χ1n) is 8.68. The summed E-state index contributed by atoms with van der Waals surface area (Å²) in [6.07, 6.45) is 0.424. The van der Waals surface area contributed by atoms with Gasteiger partial charge in [-0.3, -0.25) is 25.2 Å². The van der Waals surface area contributed by atoms with Crippen molar-refractivity contribution < 1.29 is 18.8 Å². The number of carbonyl (C=O) groups is 3. The molecule has 2 heterocycles. The van der Waals surface area contributed by atoms with E-state index in [0.29, 0.717) is 34.6 Å². The zero-order valence-corrected chi connectivity index (χ0v) is 15.8. The standard InChI is InChI=1S/C20H17N3O4S/c1-11-13-4-2-3-5-15(13)27-18(11)20(26)23-22-19(25)12-6-7-16-14(10-12)21-17(24)8-9-28-16/h2-7,10H,8-9H2,1H3,(H,21,24)(H,22,25)(H,23,26). The first-order valence-corrected chi connectivity index (χ1v) is 9.67. The van der Waals surface area contributed by atoms with Gasteiger partial charge in [0.15, 0.2) is 5.76 Å². The van der Waals surface area contributed by atoms with Crippen molar-refractivity contribution in [2.45, 2.75) is 18.2 Å². The topological polar surface area (TPSA) is 100 Å². The number of anilines is 1. The van der Waals surface area contributed by atoms with Gasteiger partial charge >= 0.3 is 5.91 Å². The minimum Gasteiger partial charge on any atom is -0.451 e. The minimum atomic E-state index is -0.541. The lowest BCUT2D eigenvalue weighted by molar-refractivity contribution is -0.115. The molecule has 0 unspecified atom stereocenters. The number of hydrazine groups is 1. The van der Waals surface area contributed by atoms with Gasteiger partial charge in [0.2, 0.25) is 5.91 Å². The van der Waals surface area contributed by atoms with Crippen LogP contribution in [0, 0.1) is 6.92 Å². The van der Waals surface area contributed by atoms with Crippen LogP contribution in [0.25, 0.3) is 11.0 Å². The highest BCUT2D eigenvalue weighted by Crippen LogP contribution is 2.31. The molecule has 1 aromatic heterocycles. The monoisotopic (exact) mass is 395 g/mol. The van der Waals surface area contributed by atoms with Crippen molar-refractivity contribution >= 4 is 46.1 Å². The highest BCUT2D eigenvalue weighted by atomic mass is 32.2. The molecule has 1 aliphatic heterocycles. The first-order chi connectivity index (χ1) is 13.5. The molecule has 8 heteroatoms. The number of nitrogens with one attached hydrogen (secondary N) is 3. The average Bonchev–Trinajstić information content (AvgIpc) is 2.91. The molecule has 0 aliphatic carbocycles. The Labute approximate surface area is 164 Å². The molecular weight excluding hydrogens is 378 g/mol. The largest absolute Gasteiger partial charge is 0.451 e. The fourth-order valence-corrected chi connectivity index (χ4v) is 3.93. The molecule has 2 aromatic carbocycles. The van der Waals surface area contributed by atoms with E-state index in [1.165, 1.54) is 0 Å². The number of rotatable bonds is 2. The van der Waals surface area contributed by atoms with E-state index in [0.717, 1.165) is 10.3 Å². The minimum absolute atomic E-state index is 0.0857. The summed E-state index contributed by atoms with van der Waals surface area (Å²) in [6.45, 7) is 1.79. The predicted molar refractivity (Wildman–Crippen MR) is 106 cm³/mol. The van der Waals surface area contributed by atoms with Crippen LogP contribution in [0.3, 0.4) is 0 Å². The van der Waals surface area contributed by atoms with Crippen LogP contribution in [0.1, 0.15) is 32.9 Å². The lowest BCUT2D eigenvalue weighted by Crippen LogP contribution is -2.41. The van der Waals surface area contributed by atoms with Gasteiger partial charge in [-0.2, -0.15) is 0 Å². The van der Waals surface area contributed by atoms with E-state index in [-0.39, 0.29) is 11.7 Å². The maximum atomic E-state index is 12.4. The highest BCUT2D eigenvalue weighted by molar-refractivity contribution is 7.99. The normalized spacial score (nSPS) is 13.4. The molecule has 0 saturated heterocycles. The molecule has 7 nitrogen and oxygen atoms in total. The third-order valence-corrected chi connectivity index (χ3v) is 5.52. The number of furan rings is 1. The smallest absolute Gasteiger partial charge is 0.305 e. The van der Waals surface area contributed by atoms with Gasteiger partial charge in [-0.25, -0.2) is 0 Å². The van der Waals surface area contributed by atoms with E-state index < -0.39 is 11.8 Å². The quantitative estimate of drug-likeness (QED) is 0.579. The highest BCUT2D eigenvalue weighted by Gasteiger charge is 2.19. The second-order valence-corrected chi connectivity index (χ2v) is 7.45. The van der Waals surface area contributed by atoms with Crippen molar-refractivity contribution in [3.63, 3.8) is 0 Å². The number of fused-ring (bicyclic) bond motifs is 2. The Morgan fingerprint density at radius 3 is 2.71 bits per heavy atom. The second-order valence-electron chi connectivity index (χ2n) is 6.32. The summed E-state index contributed by atoms with van der Waals surface area (Å²) in [5.74, 6) is -0.282. The maximum Gasteiger partial charge on any atom is 0.305 e. The van der Waals surface area contributed by atoms with Crippen LogP contribution >= 0.6 is 11.8 Å². The molecule has 0 bridgehead atoms. The van der Waals surface area contributed by atoms with E-state index in [1.54, 1.807) is 43.0 Å². The number of benzene rings is 2. The van der Waals surface area contributed by atoms with Crippen LogP contribution in [0.15, 0.2) is 51.8 Å². The summed E-state index contributed by atoms with van der Waals surface area (Å²) in [5, 5.41) is 3.63. The lowest BCUT2D eigenvalue weighted by atomic mass is 10.1. The van der Waals surface area contributed by atoms with Gasteiger partial charge in [-0.05, 0) is 31.2 Å². The van der Waals surface area contributed by atoms with Crippen LogP contribution in [-0.2, 0) is 4.79 Å². The molecule has 1 aliphatic rings. The first kappa shape index (κ1) is 18.1. The Morgan fingerprint density at radius 1 is 1.11 bits per heavy atom. The van der Waals surface area contributed by atoms with Crippen molar-refractivity contribution in [3.8, 4) is 0 Å². The van der Waals surface area contributed by atoms with Crippen molar-refractivity contribution in [3.05, 3.63) is 59.4 Å². The van der Waals surface area contributed by atoms with Crippen molar-refractivity contribution in [1.82, 2.24) is 10.9 Å². The van der Waals surface area contributed by atoms with E-state index in [9.17, 15) is 14.4 Å². The molecule has 0 radical (unpaired) electrons. The summed E-state index contributed by atoms with van der Waals surface area (Å²) < 4.78 is 5.59. The fourth-order valence-electron chi connectivity index (χ4n) is 2.99. The van der Waals surface area contributed by atoms with Gasteiger partial charge in [0.1, 0.15) is 5.58 Å². The number of amides is 3. The predicted octanol–water partition coefficient (Wildman–Crippen LogP) is 3.25. The van der Waals surface area contributed by atoms with Gasteiger partial charge < -0.3 is 9.73 Å². The third-order valence-electron chi connectivity index (χ3n) is 4.44. The summed E-state index contributed by atoms with van der Waals surface area (Å²) in [5.41, 5.74) is 6.99. The number of aryl methyl sites for hydroxylation is 1. The maximum absolute atomic E-state index is 12.4. The van der Waals surface area contributed by atoms with Crippen molar-refractivity contribution in [2.75, 3.05) is 11.1 Å². The van der Waals surface area contributed by atoms with Crippen molar-refractivity contribution in [1.29, 1.82) is 0 Å². The summed E-state index contributed by atoms with van der Waals surface area (Å²) in [7, 11) is 0. The lowest BCUT2D eigenvalue weighted by Gasteiger charge is -2.10. The molecule has 4 rings (SSSR count). The second kappa shape index (κ2) is 7.40. The fraction of sp³-hybridized carbons (Fsp3) is 0.150. The van der Waals surface area contributed by atoms with Crippen LogP contribution in [-0.4, -0.2) is 23.5 Å². The zero-order valence-electron chi connectivity index (χ0n) is 15.0. The van der Waals surface area contributed by atoms with Crippen LogP contribution < -0.4 is 16.2 Å². The Bertz CT molecular complexity index is 1110. The van der Waals surface area contributed by atoms with Gasteiger partial charge in [0, 0.05) is 33.6 Å². The van der Waals surface area contributed by atoms with Crippen molar-refractivity contribution in [2.24, 2.45) is 0 Å². The summed E-state index contributed by atoms with van der Waals surface area (Å²) in [4.78, 5) is 37.4. The van der Waals surface area contributed by atoms with Crippen LogP contribution in [0.2, 0.25) is 0 Å². The number of hydrogen-bond acceptors (Lipinski definition) is 5. The molecule has 3 N–H and O–H groups in total. The molecule has 0 atom stereocenters. The molecule has 0 spiro atoms. The van der Waals surface area contributed by atoms with Crippen LogP contribution in [0.5, 0.6) is 0 Å². The average molecular weight is 395 g/mol. The molecule has 3 aromatic rings. The summed E-state index contributed by atoms with van der Waals surface area (Å²) >= 11 is 1.56. The van der Waals surface area contributed by atoms with E-state index in [2.05, 4.69) is 16.2 Å². The van der Waals surface area contributed by atoms with E-state index in [1.807, 2.05) is 18.2 Å². The SMILES string of the molecule is Cc1c(C(=O)NNC(=O)c2ccc3c(c2)NC(=O)CCS3)oc2ccccc12. The molecule has 0 saturated carbocycles. The summed E-state index contributed by atoms with van der Waals surface area (Å²) in [6, 6.07) is 12.4. The van der Waals surface area contributed by atoms with Gasteiger partial charge in [0.25, 0.3) is 5.91 Å². The van der Waals surface area contributed by atoms with Gasteiger partial charge in [0.05, 0.1) is 5.69 Å². The Morgan fingerprint density at radius 2 is 1.89 bits per heavy atom. The Kier molecular flexibility index (Phi) is 4.79. The van der Waals surface area contributed by atoms with E-state index >= 15 is 0 Å². The number of hydrogen-bond donors (Lipinski definition) is 3. The third kappa shape index (κ3) is 3.46. The Hall–Kier alpha value is -3.26. The van der Waals surface area contributed by atoms with Gasteiger partial charge in [-0.15, -0.1) is 11.8 Å². The molecule has 142 valence electrons. The molecular formula is C20H17N3O4S. The van der Waals surface area contributed by atoms with Gasteiger partial charge in [-0.1, -0.05) is 18.2 Å². The van der Waals surface area contributed by atoms with Crippen LogP contribution in [0.4, 0.5) is 5.69 Å². The zero-order chi connectivity index (χ0) is 19.7. The number of para-hydroxylation sites is 1. The molecule has 28 heavy (non-hydrogen) atoms. The molecule has 0 fully saturated rings. The van der Waals surface area contributed by atoms with E-state index in [4.69, 9.17) is 4.42 Å². The Balaban J connectivity index is 1.47. The number of carbonyl (C=O) groups excluding carboxylic acids is 3. The molecule has 3 amide bonds. The number of thioether (sulfide) groups is 1.